The second kappa shape index (κ2) is 14.6. The van der Waals surface area contributed by atoms with Crippen molar-refractivity contribution in [2.45, 2.75) is 98.6 Å². The zero-order valence-electron chi connectivity index (χ0n) is 22.3. The summed E-state index contributed by atoms with van der Waals surface area (Å²) in [6.45, 7) is 14.2. The molecule has 7 heteroatoms. The van der Waals surface area contributed by atoms with Crippen molar-refractivity contribution in [3.8, 4) is 0 Å². The van der Waals surface area contributed by atoms with E-state index in [-0.39, 0.29) is 18.4 Å². The Morgan fingerprint density at radius 2 is 1.65 bits per heavy atom. The third-order valence-electron chi connectivity index (χ3n) is 5.47. The molecule has 34 heavy (non-hydrogen) atoms. The number of carbonyl (C=O) groups is 3. The molecular weight excluding hydrogens is 430 g/mol. The van der Waals surface area contributed by atoms with E-state index in [1.54, 1.807) is 25.7 Å². The molecule has 0 radical (unpaired) electrons. The molecule has 1 rings (SSSR count). The van der Waals surface area contributed by atoms with E-state index in [4.69, 9.17) is 4.74 Å². The van der Waals surface area contributed by atoms with E-state index >= 15 is 0 Å². The van der Waals surface area contributed by atoms with Crippen LogP contribution in [0.25, 0.3) is 0 Å². The number of nitrogens with one attached hydrogen (secondary N) is 2. The van der Waals surface area contributed by atoms with Gasteiger partial charge in [0.2, 0.25) is 11.8 Å². The Bertz CT molecular complexity index is 802. The second-order valence-electron chi connectivity index (χ2n) is 9.91. The molecule has 1 atom stereocenters. The zero-order valence-corrected chi connectivity index (χ0v) is 22.3. The number of carbonyl (C=O) groups excluding carboxylic acids is 3. The minimum Gasteiger partial charge on any atom is -0.444 e. The smallest absolute Gasteiger partial charge is 0.408 e. The van der Waals surface area contributed by atoms with Crippen LogP contribution in [-0.2, 0) is 14.3 Å². The Balaban J connectivity index is 3.21. The van der Waals surface area contributed by atoms with Crippen molar-refractivity contribution in [2.75, 3.05) is 19.6 Å². The largest absolute Gasteiger partial charge is 0.444 e. The standard InChI is InChI=1S/C27H45N3O4/c1-8-10-12-13-17-30(23(31)19-29-26(33)34-27(5,6)7)24(25(32)28-16-11-9-2)22-15-14-20(3)18-21(22)4/h14-15,18,24H,8-13,16-17,19H2,1-7H3,(H,28,32)(H,29,33). The van der Waals surface area contributed by atoms with Crippen molar-refractivity contribution < 1.29 is 19.1 Å². The molecule has 0 saturated heterocycles. The van der Waals surface area contributed by atoms with Crippen LogP contribution in [0, 0.1) is 13.8 Å². The summed E-state index contributed by atoms with van der Waals surface area (Å²) >= 11 is 0. The van der Waals surface area contributed by atoms with Gasteiger partial charge in [-0.2, -0.15) is 0 Å². The van der Waals surface area contributed by atoms with E-state index in [2.05, 4.69) is 24.5 Å². The van der Waals surface area contributed by atoms with Gasteiger partial charge in [-0.15, -0.1) is 0 Å². The Hall–Kier alpha value is -2.57. The fourth-order valence-electron chi connectivity index (χ4n) is 3.74. The average Bonchev–Trinajstić information content (AvgIpc) is 2.74. The highest BCUT2D eigenvalue weighted by Crippen LogP contribution is 2.26. The second-order valence-corrected chi connectivity index (χ2v) is 9.91. The summed E-state index contributed by atoms with van der Waals surface area (Å²) in [6.07, 6.45) is 5.08. The number of benzene rings is 1. The van der Waals surface area contributed by atoms with Crippen LogP contribution in [0.15, 0.2) is 18.2 Å². The Kier molecular flexibility index (Phi) is 12.7. The number of amides is 3. The lowest BCUT2D eigenvalue weighted by molar-refractivity contribution is -0.140. The number of unbranched alkanes of at least 4 members (excludes halogenated alkanes) is 4. The highest BCUT2D eigenvalue weighted by Gasteiger charge is 2.32. The first-order valence-electron chi connectivity index (χ1n) is 12.6. The van der Waals surface area contributed by atoms with Gasteiger partial charge in [-0.25, -0.2) is 4.79 Å². The molecule has 1 aromatic rings. The predicted octanol–water partition coefficient (Wildman–Crippen LogP) is 5.19. The van der Waals surface area contributed by atoms with Gasteiger partial charge < -0.3 is 20.3 Å². The minimum atomic E-state index is -0.757. The summed E-state index contributed by atoms with van der Waals surface area (Å²) in [7, 11) is 0. The van der Waals surface area contributed by atoms with Crippen molar-refractivity contribution in [1.82, 2.24) is 15.5 Å². The van der Waals surface area contributed by atoms with Gasteiger partial charge in [-0.1, -0.05) is 63.3 Å². The molecule has 1 aromatic carbocycles. The maximum absolute atomic E-state index is 13.4. The molecule has 0 saturated carbocycles. The summed E-state index contributed by atoms with van der Waals surface area (Å²) < 4.78 is 5.27. The number of ether oxygens (including phenoxy) is 1. The fraction of sp³-hybridized carbons (Fsp3) is 0.667. The normalized spacial score (nSPS) is 12.1. The average molecular weight is 476 g/mol. The molecule has 0 aliphatic carbocycles. The quantitative estimate of drug-likeness (QED) is 0.384. The van der Waals surface area contributed by atoms with Gasteiger partial charge in [0, 0.05) is 13.1 Å². The Morgan fingerprint density at radius 3 is 2.24 bits per heavy atom. The first kappa shape index (κ1) is 29.5. The van der Waals surface area contributed by atoms with Gasteiger partial charge in [0.25, 0.3) is 0 Å². The molecule has 0 bridgehead atoms. The number of aryl methyl sites for hydroxylation is 2. The highest BCUT2D eigenvalue weighted by molar-refractivity contribution is 5.90. The minimum absolute atomic E-state index is 0.193. The topological polar surface area (TPSA) is 87.7 Å². The molecule has 2 N–H and O–H groups in total. The van der Waals surface area contributed by atoms with Gasteiger partial charge in [0.15, 0.2) is 0 Å². The summed E-state index contributed by atoms with van der Waals surface area (Å²) in [5, 5.41) is 5.57. The van der Waals surface area contributed by atoms with Gasteiger partial charge >= 0.3 is 6.09 Å². The predicted molar refractivity (Wildman–Crippen MR) is 137 cm³/mol. The molecule has 0 spiro atoms. The maximum Gasteiger partial charge on any atom is 0.408 e. The molecule has 192 valence electrons. The number of nitrogens with zero attached hydrogens (tertiary/aromatic N) is 1. The number of hydrogen-bond donors (Lipinski definition) is 2. The SMILES string of the molecule is CCCCCCN(C(=O)CNC(=O)OC(C)(C)C)C(C(=O)NCCCC)c1ccc(C)cc1C. The zero-order chi connectivity index (χ0) is 25.7. The van der Waals surface area contributed by atoms with E-state index in [0.717, 1.165) is 55.2 Å². The Morgan fingerprint density at radius 1 is 0.971 bits per heavy atom. The molecule has 0 aliphatic rings. The van der Waals surface area contributed by atoms with Crippen LogP contribution in [0.4, 0.5) is 4.79 Å². The number of hydrogen-bond acceptors (Lipinski definition) is 4. The van der Waals surface area contributed by atoms with Gasteiger partial charge in [0.05, 0.1) is 0 Å². The van der Waals surface area contributed by atoms with E-state index in [1.165, 1.54) is 0 Å². The molecule has 7 nitrogen and oxygen atoms in total. The van der Waals surface area contributed by atoms with Crippen LogP contribution in [0.5, 0.6) is 0 Å². The lowest BCUT2D eigenvalue weighted by atomic mass is 9.96. The van der Waals surface area contributed by atoms with Crippen molar-refractivity contribution >= 4 is 17.9 Å². The third-order valence-corrected chi connectivity index (χ3v) is 5.47. The van der Waals surface area contributed by atoms with Crippen LogP contribution in [-0.4, -0.2) is 48.0 Å². The molecule has 0 fully saturated rings. The summed E-state index contributed by atoms with van der Waals surface area (Å²) in [5.74, 6) is -0.500. The molecule has 0 heterocycles. The summed E-state index contributed by atoms with van der Waals surface area (Å²) in [5.41, 5.74) is 2.20. The van der Waals surface area contributed by atoms with Gasteiger partial charge in [0.1, 0.15) is 18.2 Å². The van der Waals surface area contributed by atoms with E-state index in [1.807, 2.05) is 32.0 Å². The lowest BCUT2D eigenvalue weighted by Gasteiger charge is -2.32. The lowest BCUT2D eigenvalue weighted by Crippen LogP contribution is -2.48. The molecule has 1 unspecified atom stereocenters. The van der Waals surface area contributed by atoms with Gasteiger partial charge in [-0.05, 0) is 58.6 Å². The summed E-state index contributed by atoms with van der Waals surface area (Å²) in [6, 6.07) is 5.17. The molecule has 0 aromatic heterocycles. The van der Waals surface area contributed by atoms with E-state index in [9.17, 15) is 14.4 Å². The van der Waals surface area contributed by atoms with E-state index < -0.39 is 17.7 Å². The number of rotatable bonds is 13. The first-order valence-corrected chi connectivity index (χ1v) is 12.6. The van der Waals surface area contributed by atoms with Crippen LogP contribution in [0.1, 0.15) is 95.9 Å². The van der Waals surface area contributed by atoms with Crippen molar-refractivity contribution in [1.29, 1.82) is 0 Å². The number of alkyl carbamates (subject to hydrolysis) is 1. The molecule has 0 aliphatic heterocycles. The van der Waals surface area contributed by atoms with Crippen LogP contribution < -0.4 is 10.6 Å². The summed E-state index contributed by atoms with van der Waals surface area (Å²) in [4.78, 5) is 40.5. The Labute approximate surface area is 206 Å². The van der Waals surface area contributed by atoms with Crippen molar-refractivity contribution in [3.63, 3.8) is 0 Å². The van der Waals surface area contributed by atoms with E-state index in [0.29, 0.717) is 13.1 Å². The first-order chi connectivity index (χ1) is 16.0. The van der Waals surface area contributed by atoms with Crippen LogP contribution in [0.2, 0.25) is 0 Å². The molecular formula is C27H45N3O4. The van der Waals surface area contributed by atoms with Crippen LogP contribution in [0.3, 0.4) is 0 Å². The van der Waals surface area contributed by atoms with Gasteiger partial charge in [-0.3, -0.25) is 9.59 Å². The highest BCUT2D eigenvalue weighted by atomic mass is 16.6. The molecule has 3 amide bonds. The van der Waals surface area contributed by atoms with Crippen molar-refractivity contribution in [2.24, 2.45) is 0 Å². The monoisotopic (exact) mass is 475 g/mol. The fourth-order valence-corrected chi connectivity index (χ4v) is 3.74. The third kappa shape index (κ3) is 10.6. The maximum atomic E-state index is 13.4. The van der Waals surface area contributed by atoms with Crippen LogP contribution >= 0.6 is 0 Å². The van der Waals surface area contributed by atoms with Crippen molar-refractivity contribution in [3.05, 3.63) is 34.9 Å².